The van der Waals surface area contributed by atoms with Crippen LogP contribution in [-0.2, 0) is 9.53 Å². The highest BCUT2D eigenvalue weighted by Gasteiger charge is 2.62. The third-order valence-corrected chi connectivity index (χ3v) is 8.40. The maximum atomic E-state index is 14.3. The monoisotopic (exact) mass is 503 g/mol. The van der Waals surface area contributed by atoms with E-state index in [1.165, 1.54) is 6.92 Å². The fourth-order valence-corrected chi connectivity index (χ4v) is 6.75. The Morgan fingerprint density at radius 3 is 2.21 bits per heavy atom. The molecule has 3 rings (SSSR count). The second-order valence-electron chi connectivity index (χ2n) is 9.88. The number of aliphatic hydroxyl groups is 1. The zero-order valence-electron chi connectivity index (χ0n) is 18.9. The summed E-state index contributed by atoms with van der Waals surface area (Å²) in [6.45, 7) is 1.40. The van der Waals surface area contributed by atoms with Crippen LogP contribution in [-0.4, -0.2) is 53.8 Å². The van der Waals surface area contributed by atoms with E-state index in [0.29, 0.717) is 38.5 Å². The van der Waals surface area contributed by atoms with Gasteiger partial charge in [-0.1, -0.05) is 32.1 Å². The molecule has 6 unspecified atom stereocenters. The standard InChI is InChI=1S/C23H35ClF5NO3/c1-2-33-22(32)17-15(12-6-4-3-5-7-12)16(19(31)13-8-10-14(24)11-9-13)18(21(25)26)30-20(17)23(27,28)29/h12-21,30-31H,2-11H2,1H3. The molecule has 0 aromatic carbocycles. The van der Waals surface area contributed by atoms with Gasteiger partial charge in [0.25, 0.3) is 6.43 Å². The number of nitrogens with one attached hydrogen (secondary N) is 1. The molecule has 0 amide bonds. The lowest BCUT2D eigenvalue weighted by molar-refractivity contribution is -0.216. The molecule has 0 radical (unpaired) electrons. The first kappa shape index (κ1) is 26.9. The van der Waals surface area contributed by atoms with E-state index in [-0.39, 0.29) is 23.8 Å². The predicted octanol–water partition coefficient (Wildman–Crippen LogP) is 5.30. The van der Waals surface area contributed by atoms with Crippen molar-refractivity contribution in [2.75, 3.05) is 6.61 Å². The van der Waals surface area contributed by atoms with Gasteiger partial charge in [-0.25, -0.2) is 8.78 Å². The van der Waals surface area contributed by atoms with Crippen molar-refractivity contribution in [2.45, 2.75) is 101 Å². The first-order valence-corrected chi connectivity index (χ1v) is 12.6. The zero-order valence-corrected chi connectivity index (χ0v) is 19.6. The van der Waals surface area contributed by atoms with Gasteiger partial charge in [-0.05, 0) is 50.4 Å². The number of halogens is 6. The number of alkyl halides is 6. The van der Waals surface area contributed by atoms with Crippen LogP contribution in [0.4, 0.5) is 22.0 Å². The molecule has 1 aliphatic heterocycles. The van der Waals surface area contributed by atoms with Crippen molar-refractivity contribution in [1.82, 2.24) is 5.32 Å². The Bertz CT molecular complexity index is 638. The first-order valence-electron chi connectivity index (χ1n) is 12.2. The summed E-state index contributed by atoms with van der Waals surface area (Å²) < 4.78 is 75.9. The van der Waals surface area contributed by atoms with E-state index in [1.807, 2.05) is 0 Å². The Hall–Kier alpha value is -0.670. The van der Waals surface area contributed by atoms with E-state index >= 15 is 0 Å². The third kappa shape index (κ3) is 6.13. The molecule has 2 saturated carbocycles. The molecule has 4 nitrogen and oxygen atoms in total. The van der Waals surface area contributed by atoms with Gasteiger partial charge in [0.05, 0.1) is 24.7 Å². The smallest absolute Gasteiger partial charge is 0.404 e. The summed E-state index contributed by atoms with van der Waals surface area (Å²) in [6, 6.07) is -4.30. The van der Waals surface area contributed by atoms with Crippen LogP contribution in [0.2, 0.25) is 0 Å². The highest BCUT2D eigenvalue weighted by Crippen LogP contribution is 2.50. The maximum absolute atomic E-state index is 14.3. The number of hydrogen-bond acceptors (Lipinski definition) is 4. The number of ether oxygens (including phenoxy) is 1. The van der Waals surface area contributed by atoms with Gasteiger partial charge < -0.3 is 9.84 Å². The van der Waals surface area contributed by atoms with Crippen LogP contribution in [0.5, 0.6) is 0 Å². The first-order chi connectivity index (χ1) is 15.6. The lowest BCUT2D eigenvalue weighted by Crippen LogP contribution is -2.69. The van der Waals surface area contributed by atoms with Gasteiger partial charge in [0.15, 0.2) is 0 Å². The van der Waals surface area contributed by atoms with Crippen molar-refractivity contribution in [1.29, 1.82) is 0 Å². The van der Waals surface area contributed by atoms with E-state index < -0.39 is 54.5 Å². The number of rotatable bonds is 6. The van der Waals surface area contributed by atoms with E-state index in [0.717, 1.165) is 19.3 Å². The van der Waals surface area contributed by atoms with Crippen molar-refractivity contribution in [3.8, 4) is 0 Å². The highest BCUT2D eigenvalue weighted by atomic mass is 35.5. The highest BCUT2D eigenvalue weighted by molar-refractivity contribution is 6.20. The molecule has 2 aliphatic carbocycles. The van der Waals surface area contributed by atoms with Gasteiger partial charge in [-0.15, -0.1) is 11.6 Å². The van der Waals surface area contributed by atoms with Crippen molar-refractivity contribution in [3.05, 3.63) is 0 Å². The van der Waals surface area contributed by atoms with Crippen molar-refractivity contribution in [2.24, 2.45) is 29.6 Å². The van der Waals surface area contributed by atoms with Crippen LogP contribution in [0.25, 0.3) is 0 Å². The molecule has 0 bridgehead atoms. The number of aliphatic hydroxyl groups excluding tert-OH is 1. The van der Waals surface area contributed by atoms with Crippen LogP contribution in [0, 0.1) is 29.6 Å². The summed E-state index contributed by atoms with van der Waals surface area (Å²) in [5.74, 6) is -5.63. The molecular weight excluding hydrogens is 469 g/mol. The van der Waals surface area contributed by atoms with E-state index in [9.17, 15) is 31.9 Å². The van der Waals surface area contributed by atoms with Gasteiger partial charge in [0.2, 0.25) is 0 Å². The van der Waals surface area contributed by atoms with Crippen molar-refractivity contribution >= 4 is 17.6 Å². The Balaban J connectivity index is 2.05. The van der Waals surface area contributed by atoms with Gasteiger partial charge in [0, 0.05) is 11.3 Å². The van der Waals surface area contributed by atoms with Crippen LogP contribution < -0.4 is 5.32 Å². The Kier molecular flexibility index (Phi) is 9.28. The Morgan fingerprint density at radius 2 is 1.70 bits per heavy atom. The van der Waals surface area contributed by atoms with Gasteiger partial charge in [-0.3, -0.25) is 10.1 Å². The lowest BCUT2D eigenvalue weighted by Gasteiger charge is -2.53. The van der Waals surface area contributed by atoms with E-state index in [1.54, 1.807) is 0 Å². The maximum Gasteiger partial charge on any atom is 0.404 e. The normalized spacial score (nSPS) is 37.7. The second-order valence-corrected chi connectivity index (χ2v) is 10.5. The molecule has 3 fully saturated rings. The minimum atomic E-state index is -4.91. The van der Waals surface area contributed by atoms with Crippen molar-refractivity contribution in [3.63, 3.8) is 0 Å². The third-order valence-electron chi connectivity index (χ3n) is 7.96. The molecule has 0 spiro atoms. The van der Waals surface area contributed by atoms with Gasteiger partial charge >= 0.3 is 12.1 Å². The fourth-order valence-electron chi connectivity index (χ4n) is 6.49. The minimum absolute atomic E-state index is 0.0557. The predicted molar refractivity (Wildman–Crippen MR) is 114 cm³/mol. The second kappa shape index (κ2) is 11.4. The average molecular weight is 504 g/mol. The largest absolute Gasteiger partial charge is 0.466 e. The van der Waals surface area contributed by atoms with Crippen LogP contribution in [0.3, 0.4) is 0 Å². The SMILES string of the molecule is CCOC(=O)C1C(C2CCCCC2)C(C(O)C2CCC(Cl)CC2)C(C(F)F)NC1C(F)(F)F. The minimum Gasteiger partial charge on any atom is -0.466 e. The molecule has 2 N–H and O–H groups in total. The molecular formula is C23H35ClF5NO3. The van der Waals surface area contributed by atoms with Gasteiger partial charge in [0.1, 0.15) is 6.04 Å². The van der Waals surface area contributed by atoms with Gasteiger partial charge in [-0.2, -0.15) is 13.2 Å². The molecule has 10 heteroatoms. The Labute approximate surface area is 197 Å². The van der Waals surface area contributed by atoms with E-state index in [4.69, 9.17) is 16.3 Å². The summed E-state index contributed by atoms with van der Waals surface area (Å²) in [5, 5.41) is 13.4. The molecule has 1 saturated heterocycles. The van der Waals surface area contributed by atoms with Crippen LogP contribution >= 0.6 is 11.6 Å². The van der Waals surface area contributed by atoms with E-state index in [2.05, 4.69) is 5.32 Å². The number of carbonyl (C=O) groups excluding carboxylic acids is 1. The molecule has 6 atom stereocenters. The number of hydrogen-bond donors (Lipinski definition) is 2. The number of esters is 1. The molecule has 3 aliphatic rings. The summed E-state index contributed by atoms with van der Waals surface area (Å²) in [6.07, 6.45) is -3.46. The summed E-state index contributed by atoms with van der Waals surface area (Å²) in [4.78, 5) is 12.9. The number of piperidine rings is 1. The zero-order chi connectivity index (χ0) is 24.3. The molecule has 0 aromatic rings. The summed E-state index contributed by atoms with van der Waals surface area (Å²) in [7, 11) is 0. The lowest BCUT2D eigenvalue weighted by atomic mass is 9.59. The topological polar surface area (TPSA) is 58.6 Å². The average Bonchev–Trinajstić information content (AvgIpc) is 2.77. The van der Waals surface area contributed by atoms with Crippen molar-refractivity contribution < 1.29 is 36.6 Å². The molecule has 33 heavy (non-hydrogen) atoms. The quantitative estimate of drug-likeness (QED) is 0.293. The molecule has 0 aromatic heterocycles. The fraction of sp³-hybridized carbons (Fsp3) is 0.957. The van der Waals surface area contributed by atoms with Crippen LogP contribution in [0.15, 0.2) is 0 Å². The summed E-state index contributed by atoms with van der Waals surface area (Å²) in [5.41, 5.74) is 0. The molecule has 192 valence electrons. The molecule has 1 heterocycles. The number of carbonyl (C=O) groups is 1. The van der Waals surface area contributed by atoms with Crippen LogP contribution in [0.1, 0.15) is 64.7 Å². The Morgan fingerprint density at radius 1 is 1.09 bits per heavy atom. The summed E-state index contributed by atoms with van der Waals surface area (Å²) >= 11 is 6.17.